The first-order valence-electron chi connectivity index (χ1n) is 5.40. The Morgan fingerprint density at radius 2 is 2.11 bits per heavy atom. The van der Waals surface area contributed by atoms with Crippen LogP contribution in [-0.2, 0) is 16.1 Å². The van der Waals surface area contributed by atoms with Crippen molar-refractivity contribution in [3.63, 3.8) is 0 Å². The van der Waals surface area contributed by atoms with Crippen LogP contribution in [0.1, 0.15) is 25.5 Å². The molecule has 0 bridgehead atoms. The SMILES string of the molecule is CC(C)c1nn(C)c(SCCS(=O)(=O)Cl)c1[N+](=O)[O-]. The number of thioether (sulfide) groups is 1. The second-order valence-corrected chi connectivity index (χ2v) is 8.15. The first-order chi connectivity index (χ1) is 8.63. The van der Waals surface area contributed by atoms with Gasteiger partial charge in [0.25, 0.3) is 0 Å². The first-order valence-corrected chi connectivity index (χ1v) is 8.86. The van der Waals surface area contributed by atoms with E-state index in [1.807, 2.05) is 13.8 Å². The molecule has 0 fully saturated rings. The van der Waals surface area contributed by atoms with Gasteiger partial charge in [-0.3, -0.25) is 14.8 Å². The van der Waals surface area contributed by atoms with Crippen LogP contribution in [0.25, 0.3) is 0 Å². The molecule has 1 heterocycles. The smallest absolute Gasteiger partial charge is 0.258 e. The fourth-order valence-corrected chi connectivity index (χ4v) is 3.91. The lowest BCUT2D eigenvalue weighted by Gasteiger charge is -2.00. The van der Waals surface area contributed by atoms with Gasteiger partial charge in [-0.05, 0) is 0 Å². The maximum Gasteiger partial charge on any atom is 0.324 e. The van der Waals surface area contributed by atoms with E-state index in [9.17, 15) is 18.5 Å². The second kappa shape index (κ2) is 6.10. The lowest BCUT2D eigenvalue weighted by molar-refractivity contribution is -0.388. The Hall–Kier alpha value is -0.800. The predicted octanol–water partition coefficient (Wildman–Crippen LogP) is 2.11. The number of halogens is 1. The number of rotatable bonds is 6. The Morgan fingerprint density at radius 1 is 1.53 bits per heavy atom. The van der Waals surface area contributed by atoms with E-state index < -0.39 is 14.0 Å². The van der Waals surface area contributed by atoms with Crippen molar-refractivity contribution in [2.24, 2.45) is 7.05 Å². The quantitative estimate of drug-likeness (QED) is 0.344. The molecule has 19 heavy (non-hydrogen) atoms. The van der Waals surface area contributed by atoms with Crippen LogP contribution in [0.3, 0.4) is 0 Å². The van der Waals surface area contributed by atoms with Gasteiger partial charge in [-0.25, -0.2) is 8.42 Å². The number of hydrogen-bond donors (Lipinski definition) is 0. The molecule has 7 nitrogen and oxygen atoms in total. The third-order valence-corrected chi connectivity index (χ3v) is 4.84. The number of hydrogen-bond acceptors (Lipinski definition) is 6. The maximum atomic E-state index is 11.1. The van der Waals surface area contributed by atoms with E-state index in [0.29, 0.717) is 10.7 Å². The zero-order chi connectivity index (χ0) is 14.8. The van der Waals surface area contributed by atoms with Gasteiger partial charge in [0.1, 0.15) is 5.69 Å². The normalized spacial score (nSPS) is 12.1. The van der Waals surface area contributed by atoms with Crippen LogP contribution in [-0.4, -0.2) is 34.6 Å². The van der Waals surface area contributed by atoms with Gasteiger partial charge in [-0.2, -0.15) is 5.10 Å². The highest BCUT2D eigenvalue weighted by Crippen LogP contribution is 2.35. The second-order valence-electron chi connectivity index (χ2n) is 4.17. The summed E-state index contributed by atoms with van der Waals surface area (Å²) in [5.41, 5.74) is 0.332. The Bertz CT molecular complexity index is 583. The van der Waals surface area contributed by atoms with Crippen LogP contribution in [0.2, 0.25) is 0 Å². The highest BCUT2D eigenvalue weighted by Gasteiger charge is 2.28. The predicted molar refractivity (Wildman–Crippen MR) is 74.3 cm³/mol. The van der Waals surface area contributed by atoms with E-state index in [4.69, 9.17) is 10.7 Å². The largest absolute Gasteiger partial charge is 0.324 e. The van der Waals surface area contributed by atoms with E-state index in [1.165, 1.54) is 4.68 Å². The van der Waals surface area contributed by atoms with Crippen LogP contribution in [0.4, 0.5) is 5.69 Å². The summed E-state index contributed by atoms with van der Waals surface area (Å²) in [6, 6.07) is 0. The Kier molecular flexibility index (Phi) is 5.22. The number of nitro groups is 1. The standard InChI is InChI=1S/C9H14ClN3O4S2/c1-6(2)7-8(13(14)15)9(12(3)11-7)18-4-5-19(10,16)17/h6H,4-5H2,1-3H3. The lowest BCUT2D eigenvalue weighted by atomic mass is 10.1. The number of aromatic nitrogens is 2. The lowest BCUT2D eigenvalue weighted by Crippen LogP contribution is -2.02. The van der Waals surface area contributed by atoms with Crippen LogP contribution in [0.15, 0.2) is 5.03 Å². The molecule has 0 saturated carbocycles. The van der Waals surface area contributed by atoms with Crippen molar-refractivity contribution in [3.8, 4) is 0 Å². The van der Waals surface area contributed by atoms with Crippen molar-refractivity contribution < 1.29 is 13.3 Å². The van der Waals surface area contributed by atoms with E-state index in [2.05, 4.69) is 5.10 Å². The van der Waals surface area contributed by atoms with Crippen molar-refractivity contribution in [3.05, 3.63) is 15.8 Å². The summed E-state index contributed by atoms with van der Waals surface area (Å²) < 4.78 is 23.1. The summed E-state index contributed by atoms with van der Waals surface area (Å²) in [7, 11) is 3.10. The van der Waals surface area contributed by atoms with Crippen molar-refractivity contribution in [2.75, 3.05) is 11.5 Å². The molecule has 0 aliphatic carbocycles. The fraction of sp³-hybridized carbons (Fsp3) is 0.667. The Labute approximate surface area is 119 Å². The van der Waals surface area contributed by atoms with Gasteiger partial charge in [0, 0.05) is 29.4 Å². The van der Waals surface area contributed by atoms with Crippen molar-refractivity contribution in [1.82, 2.24) is 9.78 Å². The van der Waals surface area contributed by atoms with Gasteiger partial charge in [0.05, 0.1) is 10.7 Å². The van der Waals surface area contributed by atoms with E-state index in [1.54, 1.807) is 7.05 Å². The van der Waals surface area contributed by atoms with Crippen molar-refractivity contribution in [1.29, 1.82) is 0 Å². The molecular formula is C9H14ClN3O4S2. The maximum absolute atomic E-state index is 11.1. The van der Waals surface area contributed by atoms with Gasteiger partial charge in [0.15, 0.2) is 5.03 Å². The minimum Gasteiger partial charge on any atom is -0.258 e. The zero-order valence-corrected chi connectivity index (χ0v) is 13.0. The molecule has 0 N–H and O–H groups in total. The van der Waals surface area contributed by atoms with Gasteiger partial charge in [0.2, 0.25) is 9.05 Å². The van der Waals surface area contributed by atoms with E-state index >= 15 is 0 Å². The number of aryl methyl sites for hydroxylation is 1. The molecule has 0 atom stereocenters. The molecule has 0 aromatic carbocycles. The van der Waals surface area contributed by atoms with Crippen LogP contribution >= 0.6 is 22.4 Å². The molecule has 10 heteroatoms. The molecule has 108 valence electrons. The molecule has 0 aliphatic heterocycles. The fourth-order valence-electron chi connectivity index (χ4n) is 1.48. The van der Waals surface area contributed by atoms with Gasteiger partial charge < -0.3 is 0 Å². The topological polar surface area (TPSA) is 95.1 Å². The molecule has 1 aromatic heterocycles. The van der Waals surface area contributed by atoms with E-state index in [-0.39, 0.29) is 23.1 Å². The summed E-state index contributed by atoms with van der Waals surface area (Å²) in [6.07, 6.45) is 0. The minimum absolute atomic E-state index is 0.0607. The van der Waals surface area contributed by atoms with Crippen LogP contribution < -0.4 is 0 Å². The minimum atomic E-state index is -3.60. The molecule has 1 aromatic rings. The monoisotopic (exact) mass is 327 g/mol. The molecule has 0 amide bonds. The van der Waals surface area contributed by atoms with E-state index in [0.717, 1.165) is 11.8 Å². The van der Waals surface area contributed by atoms with Crippen molar-refractivity contribution >= 4 is 37.2 Å². The first kappa shape index (κ1) is 16.3. The molecular weight excluding hydrogens is 314 g/mol. The summed E-state index contributed by atoms with van der Waals surface area (Å²) in [5.74, 6) is -0.194. The average molecular weight is 328 g/mol. The van der Waals surface area contributed by atoms with Gasteiger partial charge >= 0.3 is 5.69 Å². The third kappa shape index (κ3) is 4.36. The molecule has 0 radical (unpaired) electrons. The summed E-state index contributed by atoms with van der Waals surface area (Å²) in [4.78, 5) is 10.6. The molecule has 0 spiro atoms. The highest BCUT2D eigenvalue weighted by molar-refractivity contribution is 8.14. The molecule has 0 aliphatic rings. The Balaban J connectivity index is 3.03. The molecule has 1 rings (SSSR count). The molecule has 0 saturated heterocycles. The third-order valence-electron chi connectivity index (χ3n) is 2.29. The zero-order valence-electron chi connectivity index (χ0n) is 10.7. The van der Waals surface area contributed by atoms with Crippen molar-refractivity contribution in [2.45, 2.75) is 24.8 Å². The average Bonchev–Trinajstić information content (AvgIpc) is 2.54. The summed E-state index contributed by atoms with van der Waals surface area (Å²) >= 11 is 1.06. The van der Waals surface area contributed by atoms with Gasteiger partial charge in [-0.15, -0.1) is 0 Å². The summed E-state index contributed by atoms with van der Waals surface area (Å²) in [6.45, 7) is 3.63. The highest BCUT2D eigenvalue weighted by atomic mass is 35.7. The molecule has 0 unspecified atom stereocenters. The summed E-state index contributed by atoms with van der Waals surface area (Å²) in [5, 5.41) is 15.6. The van der Waals surface area contributed by atoms with Crippen LogP contribution in [0, 0.1) is 10.1 Å². The van der Waals surface area contributed by atoms with Gasteiger partial charge in [-0.1, -0.05) is 25.6 Å². The number of nitrogens with zero attached hydrogens (tertiary/aromatic N) is 3. The van der Waals surface area contributed by atoms with Crippen LogP contribution in [0.5, 0.6) is 0 Å². The Morgan fingerprint density at radius 3 is 2.53 bits per heavy atom.